The van der Waals surface area contributed by atoms with Crippen LogP contribution >= 0.6 is 0 Å². The highest BCUT2D eigenvalue weighted by molar-refractivity contribution is 5.62. The van der Waals surface area contributed by atoms with Gasteiger partial charge in [-0.05, 0) is 25.0 Å². The van der Waals surface area contributed by atoms with Crippen LogP contribution in [0, 0.1) is 10.1 Å². The average molecular weight is 294 g/mol. The van der Waals surface area contributed by atoms with Crippen LogP contribution < -0.4 is 5.32 Å². The zero-order chi connectivity index (χ0) is 15.7. The number of benzene rings is 1. The van der Waals surface area contributed by atoms with Crippen LogP contribution in [-0.4, -0.2) is 18.1 Å². The molecule has 1 aromatic rings. The third-order valence-corrected chi connectivity index (χ3v) is 3.53. The van der Waals surface area contributed by atoms with Crippen molar-refractivity contribution in [2.24, 2.45) is 0 Å². The van der Waals surface area contributed by atoms with Crippen molar-refractivity contribution in [3.63, 3.8) is 0 Å². The lowest BCUT2D eigenvalue weighted by molar-refractivity contribution is -0.384. The van der Waals surface area contributed by atoms with E-state index in [1.54, 1.807) is 19.2 Å². The summed E-state index contributed by atoms with van der Waals surface area (Å²) in [6, 6.07) is 5.17. The van der Waals surface area contributed by atoms with Gasteiger partial charge in [0.2, 0.25) is 0 Å². The zero-order valence-corrected chi connectivity index (χ0v) is 13.2. The number of hydrogen-bond donors (Lipinski definition) is 1. The Morgan fingerprint density at radius 3 is 2.71 bits per heavy atom. The monoisotopic (exact) mass is 294 g/mol. The topological polar surface area (TPSA) is 64.4 Å². The van der Waals surface area contributed by atoms with E-state index in [0.717, 1.165) is 12.0 Å². The standard InChI is InChI=1S/C16H26N2O3/c1-4-5-6-7-8-13(2)21-12-14-9-10-15(17-3)16(11-14)18(19)20/h9-11,13,17H,4-8,12H2,1-3H3. The molecule has 1 atom stereocenters. The molecule has 5 nitrogen and oxygen atoms in total. The van der Waals surface area contributed by atoms with Gasteiger partial charge in [-0.1, -0.05) is 38.7 Å². The van der Waals surface area contributed by atoms with Gasteiger partial charge < -0.3 is 10.1 Å². The Morgan fingerprint density at radius 1 is 1.33 bits per heavy atom. The first-order chi connectivity index (χ1) is 10.1. The maximum absolute atomic E-state index is 11.0. The Morgan fingerprint density at radius 2 is 2.10 bits per heavy atom. The molecule has 0 spiro atoms. The van der Waals surface area contributed by atoms with E-state index in [1.165, 1.54) is 25.7 Å². The summed E-state index contributed by atoms with van der Waals surface area (Å²) in [6.07, 6.45) is 6.14. The number of nitrogens with one attached hydrogen (secondary N) is 1. The maximum atomic E-state index is 11.0. The van der Waals surface area contributed by atoms with Gasteiger partial charge >= 0.3 is 0 Å². The Bertz CT molecular complexity index is 449. The van der Waals surface area contributed by atoms with E-state index in [9.17, 15) is 10.1 Å². The number of nitrogens with zero attached hydrogens (tertiary/aromatic N) is 1. The van der Waals surface area contributed by atoms with Crippen molar-refractivity contribution in [1.29, 1.82) is 0 Å². The van der Waals surface area contributed by atoms with Crippen LogP contribution in [0.5, 0.6) is 0 Å². The van der Waals surface area contributed by atoms with E-state index in [-0.39, 0.29) is 16.7 Å². The molecule has 0 radical (unpaired) electrons. The van der Waals surface area contributed by atoms with E-state index >= 15 is 0 Å². The molecule has 0 saturated heterocycles. The summed E-state index contributed by atoms with van der Waals surface area (Å²) in [4.78, 5) is 10.6. The lowest BCUT2D eigenvalue weighted by atomic mass is 10.1. The van der Waals surface area contributed by atoms with Crippen molar-refractivity contribution in [2.75, 3.05) is 12.4 Å². The fraction of sp³-hybridized carbons (Fsp3) is 0.625. The lowest BCUT2D eigenvalue weighted by Gasteiger charge is -2.13. The van der Waals surface area contributed by atoms with Crippen molar-refractivity contribution in [2.45, 2.75) is 58.7 Å². The van der Waals surface area contributed by atoms with Crippen LogP contribution in [0.3, 0.4) is 0 Å². The van der Waals surface area contributed by atoms with Crippen molar-refractivity contribution in [3.05, 3.63) is 33.9 Å². The maximum Gasteiger partial charge on any atom is 0.292 e. The minimum absolute atomic E-state index is 0.0919. The van der Waals surface area contributed by atoms with Crippen molar-refractivity contribution in [1.82, 2.24) is 0 Å². The summed E-state index contributed by atoms with van der Waals surface area (Å²) < 4.78 is 5.77. The molecule has 0 saturated carbocycles. The third kappa shape index (κ3) is 6.12. The smallest absolute Gasteiger partial charge is 0.292 e. The summed E-state index contributed by atoms with van der Waals surface area (Å²) in [7, 11) is 1.68. The number of unbranched alkanes of at least 4 members (excludes halogenated alkanes) is 3. The molecule has 0 amide bonds. The molecule has 0 aliphatic carbocycles. The summed E-state index contributed by atoms with van der Waals surface area (Å²) in [5, 5.41) is 13.8. The second kappa shape index (κ2) is 9.34. The van der Waals surface area contributed by atoms with Crippen LogP contribution in [0.15, 0.2) is 18.2 Å². The molecular weight excluding hydrogens is 268 g/mol. The van der Waals surface area contributed by atoms with Crippen molar-refractivity contribution in [3.8, 4) is 0 Å². The Kier molecular flexibility index (Phi) is 7.75. The van der Waals surface area contributed by atoms with Crippen molar-refractivity contribution >= 4 is 11.4 Å². The number of rotatable bonds is 10. The molecule has 1 rings (SSSR count). The molecule has 0 heterocycles. The van der Waals surface area contributed by atoms with Gasteiger partial charge in [0.15, 0.2) is 0 Å². The molecule has 21 heavy (non-hydrogen) atoms. The Hall–Kier alpha value is -1.62. The molecule has 5 heteroatoms. The van der Waals surface area contributed by atoms with Crippen LogP contribution in [0.2, 0.25) is 0 Å². The largest absolute Gasteiger partial charge is 0.383 e. The Balaban J connectivity index is 2.48. The van der Waals surface area contributed by atoms with Gasteiger partial charge in [0.25, 0.3) is 5.69 Å². The lowest BCUT2D eigenvalue weighted by Crippen LogP contribution is -2.08. The van der Waals surface area contributed by atoms with Gasteiger partial charge in [0.1, 0.15) is 5.69 Å². The van der Waals surface area contributed by atoms with Crippen LogP contribution in [0.1, 0.15) is 51.5 Å². The minimum atomic E-state index is -0.372. The highest BCUT2D eigenvalue weighted by Gasteiger charge is 2.13. The predicted molar refractivity (Wildman–Crippen MR) is 85.7 cm³/mol. The van der Waals surface area contributed by atoms with Gasteiger partial charge in [0.05, 0.1) is 17.6 Å². The number of nitro groups is 1. The molecule has 1 aromatic carbocycles. The summed E-state index contributed by atoms with van der Waals surface area (Å²) >= 11 is 0. The van der Waals surface area contributed by atoms with Crippen LogP contribution in [0.4, 0.5) is 11.4 Å². The molecule has 0 aliphatic rings. The molecule has 1 unspecified atom stereocenters. The number of nitro benzene ring substituents is 1. The SMILES string of the molecule is CCCCCCC(C)OCc1ccc(NC)c([N+](=O)[O-])c1. The normalized spacial score (nSPS) is 12.1. The van der Waals surface area contributed by atoms with E-state index in [4.69, 9.17) is 4.74 Å². The summed E-state index contributed by atoms with van der Waals surface area (Å²) in [6.45, 7) is 4.67. The van der Waals surface area contributed by atoms with Gasteiger partial charge in [-0.15, -0.1) is 0 Å². The average Bonchev–Trinajstić information content (AvgIpc) is 2.49. The second-order valence-electron chi connectivity index (χ2n) is 5.33. The first kappa shape index (κ1) is 17.4. The fourth-order valence-electron chi connectivity index (χ4n) is 2.21. The highest BCUT2D eigenvalue weighted by atomic mass is 16.6. The van der Waals surface area contributed by atoms with Gasteiger partial charge in [-0.25, -0.2) is 0 Å². The molecule has 0 bridgehead atoms. The number of anilines is 1. The molecule has 0 fully saturated rings. The number of ether oxygens (including phenoxy) is 1. The van der Waals surface area contributed by atoms with E-state index in [2.05, 4.69) is 19.2 Å². The predicted octanol–water partition coefficient (Wildman–Crippen LogP) is 4.51. The van der Waals surface area contributed by atoms with Crippen LogP contribution in [-0.2, 0) is 11.3 Å². The summed E-state index contributed by atoms with van der Waals surface area (Å²) in [5.41, 5.74) is 1.45. The van der Waals surface area contributed by atoms with Crippen LogP contribution in [0.25, 0.3) is 0 Å². The Labute approximate surface area is 126 Å². The molecule has 1 N–H and O–H groups in total. The summed E-state index contributed by atoms with van der Waals surface area (Å²) in [5.74, 6) is 0. The first-order valence-electron chi connectivity index (χ1n) is 7.65. The minimum Gasteiger partial charge on any atom is -0.383 e. The quantitative estimate of drug-likeness (QED) is 0.391. The third-order valence-electron chi connectivity index (χ3n) is 3.53. The van der Waals surface area contributed by atoms with Gasteiger partial charge in [0, 0.05) is 13.1 Å². The molecular formula is C16H26N2O3. The molecule has 0 aliphatic heterocycles. The van der Waals surface area contributed by atoms with E-state index in [0.29, 0.717) is 12.3 Å². The fourth-order valence-corrected chi connectivity index (χ4v) is 2.21. The highest BCUT2D eigenvalue weighted by Crippen LogP contribution is 2.25. The van der Waals surface area contributed by atoms with Gasteiger partial charge in [-0.2, -0.15) is 0 Å². The van der Waals surface area contributed by atoms with Crippen molar-refractivity contribution < 1.29 is 9.66 Å². The van der Waals surface area contributed by atoms with E-state index < -0.39 is 0 Å². The zero-order valence-electron chi connectivity index (χ0n) is 13.2. The first-order valence-corrected chi connectivity index (χ1v) is 7.65. The second-order valence-corrected chi connectivity index (χ2v) is 5.33. The number of hydrogen-bond acceptors (Lipinski definition) is 4. The molecule has 0 aromatic heterocycles. The van der Waals surface area contributed by atoms with E-state index in [1.807, 2.05) is 6.07 Å². The molecule has 118 valence electrons. The van der Waals surface area contributed by atoms with Gasteiger partial charge in [-0.3, -0.25) is 10.1 Å².